The van der Waals surface area contributed by atoms with E-state index in [1.807, 2.05) is 24.3 Å². The van der Waals surface area contributed by atoms with Gasteiger partial charge in [0, 0.05) is 19.0 Å². The number of benzene rings is 1. The fourth-order valence-corrected chi connectivity index (χ4v) is 3.40. The van der Waals surface area contributed by atoms with Crippen LogP contribution < -0.4 is 4.74 Å². The average Bonchev–Trinajstić information content (AvgIpc) is 3.34. The highest BCUT2D eigenvalue weighted by Gasteiger charge is 2.47. The van der Waals surface area contributed by atoms with Crippen LogP contribution in [0.1, 0.15) is 30.7 Å². The normalized spacial score (nSPS) is 27.3. The summed E-state index contributed by atoms with van der Waals surface area (Å²) in [6.07, 6.45) is 2.27. The second-order valence-electron chi connectivity index (χ2n) is 6.15. The zero-order valence-corrected chi connectivity index (χ0v) is 12.7. The van der Waals surface area contributed by atoms with E-state index < -0.39 is 11.9 Å². The van der Waals surface area contributed by atoms with Crippen molar-refractivity contribution in [3.63, 3.8) is 0 Å². The van der Waals surface area contributed by atoms with Crippen molar-refractivity contribution in [1.29, 1.82) is 0 Å². The fourth-order valence-electron chi connectivity index (χ4n) is 3.40. The van der Waals surface area contributed by atoms with Crippen LogP contribution >= 0.6 is 0 Å². The predicted octanol–water partition coefficient (Wildman–Crippen LogP) is 2.12. The van der Waals surface area contributed by atoms with Crippen molar-refractivity contribution in [1.82, 2.24) is 4.90 Å². The van der Waals surface area contributed by atoms with Gasteiger partial charge in [-0.3, -0.25) is 9.59 Å². The molecule has 2 fully saturated rings. The van der Waals surface area contributed by atoms with Gasteiger partial charge >= 0.3 is 5.97 Å². The van der Waals surface area contributed by atoms with Gasteiger partial charge in [-0.2, -0.15) is 0 Å². The molecule has 1 amide bonds. The van der Waals surface area contributed by atoms with E-state index in [2.05, 4.69) is 0 Å². The van der Waals surface area contributed by atoms with Gasteiger partial charge in [0.1, 0.15) is 5.75 Å². The minimum absolute atomic E-state index is 0.0242. The molecule has 0 unspecified atom stereocenters. The Morgan fingerprint density at radius 1 is 1.32 bits per heavy atom. The summed E-state index contributed by atoms with van der Waals surface area (Å²) in [4.78, 5) is 25.5. The minimum Gasteiger partial charge on any atom is -0.496 e. The third-order valence-electron chi connectivity index (χ3n) is 4.73. The van der Waals surface area contributed by atoms with E-state index in [1.165, 1.54) is 0 Å². The van der Waals surface area contributed by atoms with Crippen LogP contribution in [-0.4, -0.2) is 42.1 Å². The number of para-hydroxylation sites is 1. The fraction of sp³-hybridized carbons (Fsp3) is 0.529. The monoisotopic (exact) mass is 303 g/mol. The second kappa shape index (κ2) is 5.99. The highest BCUT2D eigenvalue weighted by Crippen LogP contribution is 2.51. The van der Waals surface area contributed by atoms with Crippen molar-refractivity contribution in [3.05, 3.63) is 29.8 Å². The summed E-state index contributed by atoms with van der Waals surface area (Å²) in [7, 11) is 1.64. The predicted molar refractivity (Wildman–Crippen MR) is 80.8 cm³/mol. The van der Waals surface area contributed by atoms with Crippen molar-refractivity contribution in [3.8, 4) is 5.75 Å². The van der Waals surface area contributed by atoms with E-state index in [0.29, 0.717) is 19.5 Å². The van der Waals surface area contributed by atoms with Crippen LogP contribution in [0.25, 0.3) is 0 Å². The zero-order chi connectivity index (χ0) is 15.7. The molecule has 1 aliphatic carbocycles. The molecule has 3 atom stereocenters. The number of likely N-dealkylation sites (tertiary alicyclic amines) is 1. The van der Waals surface area contributed by atoms with Crippen molar-refractivity contribution in [2.45, 2.75) is 25.2 Å². The molecule has 118 valence electrons. The molecule has 1 heterocycles. The maximum absolute atomic E-state index is 12.6. The van der Waals surface area contributed by atoms with Gasteiger partial charge in [-0.1, -0.05) is 18.2 Å². The number of rotatable bonds is 4. The molecular formula is C17H21NO4. The molecule has 5 heteroatoms. The van der Waals surface area contributed by atoms with Gasteiger partial charge in [0.05, 0.1) is 13.0 Å². The van der Waals surface area contributed by atoms with Gasteiger partial charge in [0.25, 0.3) is 0 Å². The lowest BCUT2D eigenvalue weighted by Crippen LogP contribution is -2.43. The quantitative estimate of drug-likeness (QED) is 0.925. The summed E-state index contributed by atoms with van der Waals surface area (Å²) >= 11 is 0. The van der Waals surface area contributed by atoms with Gasteiger partial charge in [-0.25, -0.2) is 0 Å². The van der Waals surface area contributed by atoms with Crippen molar-refractivity contribution >= 4 is 11.9 Å². The number of piperidine rings is 1. The molecule has 0 radical (unpaired) electrons. The Morgan fingerprint density at radius 2 is 2.09 bits per heavy atom. The Balaban J connectivity index is 1.66. The number of carbonyl (C=O) groups is 2. The summed E-state index contributed by atoms with van der Waals surface area (Å²) in [6.45, 7) is 1.03. The molecule has 22 heavy (non-hydrogen) atoms. The molecule has 1 saturated carbocycles. The largest absolute Gasteiger partial charge is 0.496 e. The van der Waals surface area contributed by atoms with Crippen LogP contribution in [-0.2, 0) is 9.59 Å². The molecule has 1 aliphatic heterocycles. The van der Waals surface area contributed by atoms with E-state index in [-0.39, 0.29) is 17.7 Å². The van der Waals surface area contributed by atoms with Crippen LogP contribution in [0.4, 0.5) is 0 Å². The van der Waals surface area contributed by atoms with Crippen LogP contribution in [0.15, 0.2) is 24.3 Å². The Morgan fingerprint density at radius 3 is 2.82 bits per heavy atom. The number of amides is 1. The van der Waals surface area contributed by atoms with E-state index in [9.17, 15) is 9.59 Å². The first-order chi connectivity index (χ1) is 10.6. The van der Waals surface area contributed by atoms with E-state index in [0.717, 1.165) is 24.2 Å². The van der Waals surface area contributed by atoms with Crippen molar-refractivity contribution in [2.75, 3.05) is 20.2 Å². The lowest BCUT2D eigenvalue weighted by atomic mass is 9.97. The Labute approximate surface area is 129 Å². The van der Waals surface area contributed by atoms with Crippen LogP contribution in [0.5, 0.6) is 5.75 Å². The maximum atomic E-state index is 12.6. The van der Waals surface area contributed by atoms with Crippen molar-refractivity contribution in [2.24, 2.45) is 11.8 Å². The number of carboxylic acid groups (broad SMARTS) is 1. The molecule has 3 rings (SSSR count). The standard InChI is InChI=1S/C17H21NO4/c1-22-15-7-3-2-6-12(15)13-9-14(13)16(19)18-8-4-5-11(10-18)17(20)21/h2-3,6-7,11,13-14H,4-5,8-10H2,1H3,(H,20,21)/t11-,13-,14-/m0/s1. The Kier molecular flexibility index (Phi) is 4.05. The number of hydrogen-bond donors (Lipinski definition) is 1. The summed E-state index contributed by atoms with van der Waals surface area (Å²) in [5, 5.41) is 9.14. The first-order valence-electron chi connectivity index (χ1n) is 7.76. The maximum Gasteiger partial charge on any atom is 0.308 e. The molecule has 2 aliphatic rings. The van der Waals surface area contributed by atoms with Crippen molar-refractivity contribution < 1.29 is 19.4 Å². The average molecular weight is 303 g/mol. The number of nitrogens with zero attached hydrogens (tertiary/aromatic N) is 1. The lowest BCUT2D eigenvalue weighted by Gasteiger charge is -2.31. The third-order valence-corrected chi connectivity index (χ3v) is 4.73. The number of carbonyl (C=O) groups excluding carboxylic acids is 1. The Bertz CT molecular complexity index is 586. The molecule has 0 spiro atoms. The molecule has 1 saturated heterocycles. The van der Waals surface area contributed by atoms with Crippen LogP contribution in [0.3, 0.4) is 0 Å². The van der Waals surface area contributed by atoms with Crippen LogP contribution in [0.2, 0.25) is 0 Å². The first kappa shape index (κ1) is 14.9. The molecule has 0 bridgehead atoms. The molecule has 1 N–H and O–H groups in total. The topological polar surface area (TPSA) is 66.8 Å². The van der Waals surface area contributed by atoms with Gasteiger partial charge in [0.2, 0.25) is 5.91 Å². The van der Waals surface area contributed by atoms with Gasteiger partial charge in [-0.05, 0) is 36.8 Å². The number of methoxy groups -OCH3 is 1. The first-order valence-corrected chi connectivity index (χ1v) is 7.76. The zero-order valence-electron chi connectivity index (χ0n) is 12.7. The Hall–Kier alpha value is -2.04. The summed E-state index contributed by atoms with van der Waals surface area (Å²) in [5.41, 5.74) is 1.08. The smallest absolute Gasteiger partial charge is 0.308 e. The highest BCUT2D eigenvalue weighted by atomic mass is 16.5. The molecule has 5 nitrogen and oxygen atoms in total. The van der Waals surface area contributed by atoms with E-state index in [4.69, 9.17) is 9.84 Å². The summed E-state index contributed by atoms with van der Waals surface area (Å²) < 4.78 is 5.37. The van der Waals surface area contributed by atoms with E-state index in [1.54, 1.807) is 12.0 Å². The number of carboxylic acids is 1. The van der Waals surface area contributed by atoms with Gasteiger partial charge in [0.15, 0.2) is 0 Å². The SMILES string of the molecule is COc1ccccc1[C@@H]1C[C@@H]1C(=O)N1CCC[C@H](C(=O)O)C1. The number of hydrogen-bond acceptors (Lipinski definition) is 3. The van der Waals surface area contributed by atoms with E-state index >= 15 is 0 Å². The van der Waals surface area contributed by atoms with Gasteiger partial charge < -0.3 is 14.7 Å². The minimum atomic E-state index is -0.797. The van der Waals surface area contributed by atoms with Crippen LogP contribution in [0, 0.1) is 11.8 Å². The summed E-state index contributed by atoms with van der Waals surface area (Å²) in [5.74, 6) is -0.111. The highest BCUT2D eigenvalue weighted by molar-refractivity contribution is 5.84. The number of ether oxygens (including phenoxy) is 1. The summed E-state index contributed by atoms with van der Waals surface area (Å²) in [6, 6.07) is 7.80. The third kappa shape index (κ3) is 2.80. The molecule has 0 aromatic heterocycles. The lowest BCUT2D eigenvalue weighted by molar-refractivity contribution is -0.146. The molecule has 1 aromatic rings. The second-order valence-corrected chi connectivity index (χ2v) is 6.15. The molecular weight excluding hydrogens is 282 g/mol. The number of aliphatic carboxylic acids is 1. The molecule has 1 aromatic carbocycles. The van der Waals surface area contributed by atoms with Gasteiger partial charge in [-0.15, -0.1) is 0 Å².